The van der Waals surface area contributed by atoms with E-state index in [-0.39, 0.29) is 0 Å². The van der Waals surface area contributed by atoms with Crippen LogP contribution in [0.2, 0.25) is 0 Å². The first kappa shape index (κ1) is 14.2. The van der Waals surface area contributed by atoms with Crippen molar-refractivity contribution in [1.29, 1.82) is 5.26 Å². The van der Waals surface area contributed by atoms with Crippen LogP contribution >= 0.6 is 11.6 Å². The highest BCUT2D eigenvalue weighted by molar-refractivity contribution is 6.17. The SMILES string of the molecule is COc1cc(C)ccc1Oc1ccc(CCl)cc1C#N. The zero-order valence-corrected chi connectivity index (χ0v) is 12.1. The maximum Gasteiger partial charge on any atom is 0.169 e. The smallest absolute Gasteiger partial charge is 0.169 e. The van der Waals surface area contributed by atoms with Crippen LogP contribution in [-0.2, 0) is 5.88 Å². The summed E-state index contributed by atoms with van der Waals surface area (Å²) < 4.78 is 11.1. The van der Waals surface area contributed by atoms with Crippen molar-refractivity contribution in [3.05, 3.63) is 53.1 Å². The van der Waals surface area contributed by atoms with E-state index in [0.717, 1.165) is 11.1 Å². The molecule has 0 spiro atoms. The highest BCUT2D eigenvalue weighted by Crippen LogP contribution is 2.34. The van der Waals surface area contributed by atoms with Gasteiger partial charge in [0.15, 0.2) is 11.5 Å². The summed E-state index contributed by atoms with van der Waals surface area (Å²) >= 11 is 5.76. The molecule has 0 saturated heterocycles. The molecule has 0 aliphatic heterocycles. The van der Waals surface area contributed by atoms with Crippen molar-refractivity contribution in [2.24, 2.45) is 0 Å². The summed E-state index contributed by atoms with van der Waals surface area (Å²) in [6.45, 7) is 1.97. The minimum atomic E-state index is 0.364. The van der Waals surface area contributed by atoms with Gasteiger partial charge in [0.1, 0.15) is 11.8 Å². The van der Waals surface area contributed by atoms with Gasteiger partial charge in [0.25, 0.3) is 0 Å². The molecule has 2 rings (SSSR count). The predicted octanol–water partition coefficient (Wildman–Crippen LogP) is 4.41. The van der Waals surface area contributed by atoms with Crippen LogP contribution in [0.1, 0.15) is 16.7 Å². The fourth-order valence-electron chi connectivity index (χ4n) is 1.81. The number of alkyl halides is 1. The Balaban J connectivity index is 2.37. The molecule has 0 aliphatic carbocycles. The quantitative estimate of drug-likeness (QED) is 0.782. The van der Waals surface area contributed by atoms with Crippen LogP contribution in [-0.4, -0.2) is 7.11 Å². The molecule has 0 N–H and O–H groups in total. The highest BCUT2D eigenvalue weighted by atomic mass is 35.5. The summed E-state index contributed by atoms with van der Waals surface area (Å²) in [4.78, 5) is 0. The van der Waals surface area contributed by atoms with Crippen LogP contribution in [0.5, 0.6) is 17.2 Å². The van der Waals surface area contributed by atoms with E-state index < -0.39 is 0 Å². The number of hydrogen-bond donors (Lipinski definition) is 0. The number of rotatable bonds is 4. The van der Waals surface area contributed by atoms with Crippen molar-refractivity contribution in [3.63, 3.8) is 0 Å². The van der Waals surface area contributed by atoms with Crippen LogP contribution in [0, 0.1) is 18.3 Å². The Hall–Kier alpha value is -2.18. The average molecular weight is 288 g/mol. The molecule has 3 nitrogen and oxygen atoms in total. The maximum absolute atomic E-state index is 9.18. The van der Waals surface area contributed by atoms with Gasteiger partial charge in [0.05, 0.1) is 12.7 Å². The molecule has 102 valence electrons. The summed E-state index contributed by atoms with van der Waals surface area (Å²) in [5, 5.41) is 9.18. The third-order valence-corrected chi connectivity index (χ3v) is 3.17. The average Bonchev–Trinajstić information content (AvgIpc) is 2.49. The molecule has 2 aromatic carbocycles. The number of methoxy groups -OCH3 is 1. The van der Waals surface area contributed by atoms with Crippen molar-refractivity contribution in [1.82, 2.24) is 0 Å². The fourth-order valence-corrected chi connectivity index (χ4v) is 1.98. The Morgan fingerprint density at radius 1 is 1.10 bits per heavy atom. The molecule has 2 aromatic rings. The van der Waals surface area contributed by atoms with Gasteiger partial charge in [-0.2, -0.15) is 5.26 Å². The molecular weight excluding hydrogens is 274 g/mol. The molecule has 0 heterocycles. The minimum Gasteiger partial charge on any atom is -0.493 e. The number of ether oxygens (including phenoxy) is 2. The molecule has 0 unspecified atom stereocenters. The maximum atomic E-state index is 9.18. The molecule has 0 saturated carbocycles. The number of nitriles is 1. The fraction of sp³-hybridized carbons (Fsp3) is 0.188. The molecule has 0 fully saturated rings. The van der Waals surface area contributed by atoms with Gasteiger partial charge in [-0.05, 0) is 42.3 Å². The molecule has 0 amide bonds. The van der Waals surface area contributed by atoms with Crippen LogP contribution in [0.15, 0.2) is 36.4 Å². The lowest BCUT2D eigenvalue weighted by molar-refractivity contribution is 0.378. The molecular formula is C16H14ClNO2. The molecule has 4 heteroatoms. The Labute approximate surface area is 123 Å². The summed E-state index contributed by atoms with van der Waals surface area (Å²) in [6.07, 6.45) is 0. The second-order valence-electron chi connectivity index (χ2n) is 4.33. The van der Waals surface area contributed by atoms with Crippen LogP contribution < -0.4 is 9.47 Å². The number of hydrogen-bond acceptors (Lipinski definition) is 3. The Bertz CT molecular complexity index is 662. The molecule has 0 aliphatic rings. The van der Waals surface area contributed by atoms with Crippen molar-refractivity contribution in [2.45, 2.75) is 12.8 Å². The second-order valence-corrected chi connectivity index (χ2v) is 4.60. The van der Waals surface area contributed by atoms with Crippen molar-refractivity contribution in [2.75, 3.05) is 7.11 Å². The summed E-state index contributed by atoms with van der Waals surface area (Å²) in [7, 11) is 1.59. The lowest BCUT2D eigenvalue weighted by Gasteiger charge is -2.12. The Kier molecular flexibility index (Phi) is 4.49. The number of benzene rings is 2. The third kappa shape index (κ3) is 3.04. The van der Waals surface area contributed by atoms with E-state index in [1.165, 1.54) is 0 Å². The topological polar surface area (TPSA) is 42.2 Å². The van der Waals surface area contributed by atoms with Crippen molar-refractivity contribution >= 4 is 11.6 Å². The van der Waals surface area contributed by atoms with E-state index in [0.29, 0.717) is 28.7 Å². The number of nitrogens with zero attached hydrogens (tertiary/aromatic N) is 1. The second kappa shape index (κ2) is 6.31. The normalized spacial score (nSPS) is 9.90. The largest absolute Gasteiger partial charge is 0.493 e. The molecule has 20 heavy (non-hydrogen) atoms. The monoisotopic (exact) mass is 287 g/mol. The Morgan fingerprint density at radius 2 is 1.85 bits per heavy atom. The van der Waals surface area contributed by atoms with Gasteiger partial charge in [0.2, 0.25) is 0 Å². The first-order valence-corrected chi connectivity index (χ1v) is 6.63. The number of aryl methyl sites for hydroxylation is 1. The zero-order valence-electron chi connectivity index (χ0n) is 11.3. The summed E-state index contributed by atoms with van der Waals surface area (Å²) in [6, 6.07) is 13.1. The summed E-state index contributed by atoms with van der Waals surface area (Å²) in [5.74, 6) is 2.06. The van der Waals surface area contributed by atoms with Gasteiger partial charge in [-0.1, -0.05) is 12.1 Å². The molecule has 0 bridgehead atoms. The lowest BCUT2D eigenvalue weighted by Crippen LogP contribution is -1.93. The third-order valence-electron chi connectivity index (χ3n) is 2.86. The van der Waals surface area contributed by atoms with E-state index in [4.69, 9.17) is 21.1 Å². The van der Waals surface area contributed by atoms with Gasteiger partial charge in [-0.3, -0.25) is 0 Å². The van der Waals surface area contributed by atoms with Gasteiger partial charge in [-0.25, -0.2) is 0 Å². The van der Waals surface area contributed by atoms with Gasteiger partial charge >= 0.3 is 0 Å². The van der Waals surface area contributed by atoms with Gasteiger partial charge < -0.3 is 9.47 Å². The van der Waals surface area contributed by atoms with Crippen LogP contribution in [0.25, 0.3) is 0 Å². The van der Waals surface area contributed by atoms with E-state index >= 15 is 0 Å². The Morgan fingerprint density at radius 3 is 2.50 bits per heavy atom. The van der Waals surface area contributed by atoms with Crippen LogP contribution in [0.3, 0.4) is 0 Å². The van der Waals surface area contributed by atoms with Gasteiger partial charge in [0, 0.05) is 5.88 Å². The molecule has 0 radical (unpaired) electrons. The predicted molar refractivity (Wildman–Crippen MR) is 78.5 cm³/mol. The van der Waals surface area contributed by atoms with Crippen LogP contribution in [0.4, 0.5) is 0 Å². The minimum absolute atomic E-state index is 0.364. The van der Waals surface area contributed by atoms with E-state index in [2.05, 4.69) is 6.07 Å². The first-order valence-electron chi connectivity index (χ1n) is 6.09. The standard InChI is InChI=1S/C16H14ClNO2/c1-11-3-5-15(16(7-11)19-2)20-14-6-4-12(9-17)8-13(14)10-18/h3-8H,9H2,1-2H3. The van der Waals surface area contributed by atoms with Crippen molar-refractivity contribution in [3.8, 4) is 23.3 Å². The molecule has 0 aromatic heterocycles. The lowest BCUT2D eigenvalue weighted by atomic mass is 10.1. The molecule has 0 atom stereocenters. The first-order chi connectivity index (χ1) is 9.67. The van der Waals surface area contributed by atoms with E-state index in [1.807, 2.05) is 31.2 Å². The van der Waals surface area contributed by atoms with Gasteiger partial charge in [-0.15, -0.1) is 11.6 Å². The highest BCUT2D eigenvalue weighted by Gasteiger charge is 2.10. The summed E-state index contributed by atoms with van der Waals surface area (Å²) in [5.41, 5.74) is 2.41. The zero-order chi connectivity index (χ0) is 14.5. The van der Waals surface area contributed by atoms with E-state index in [9.17, 15) is 5.26 Å². The number of halogens is 1. The van der Waals surface area contributed by atoms with Crippen molar-refractivity contribution < 1.29 is 9.47 Å². The van der Waals surface area contributed by atoms with E-state index in [1.54, 1.807) is 19.2 Å².